The molecule has 1 aromatic carbocycles. The highest BCUT2D eigenvalue weighted by Gasteiger charge is 2.21. The molecule has 0 spiro atoms. The first-order valence-corrected chi connectivity index (χ1v) is 7.27. The van der Waals surface area contributed by atoms with Crippen molar-refractivity contribution in [2.75, 3.05) is 13.6 Å². The summed E-state index contributed by atoms with van der Waals surface area (Å²) >= 11 is 0. The summed E-state index contributed by atoms with van der Waals surface area (Å²) in [5.41, 5.74) is 0.845. The Bertz CT molecular complexity index is 516. The number of carboxylic acid groups (broad SMARTS) is 1. The number of hydrogen-bond donors (Lipinski definition) is 2. The van der Waals surface area contributed by atoms with E-state index in [9.17, 15) is 13.2 Å². The number of benzene rings is 1. The average Bonchev–Trinajstić information content (AvgIpc) is 2.36. The lowest BCUT2D eigenvalue weighted by Gasteiger charge is -2.20. The van der Waals surface area contributed by atoms with Crippen molar-refractivity contribution in [3.8, 4) is 0 Å². The number of aliphatic carboxylic acids is 1. The molecule has 0 aliphatic carbocycles. The van der Waals surface area contributed by atoms with E-state index in [0.717, 1.165) is 9.87 Å². The van der Waals surface area contributed by atoms with E-state index < -0.39 is 16.2 Å². The first kappa shape index (κ1) is 15.6. The Morgan fingerprint density at radius 1 is 1.37 bits per heavy atom. The molecule has 1 unspecified atom stereocenters. The summed E-state index contributed by atoms with van der Waals surface area (Å²) in [7, 11) is -2.33. The summed E-state index contributed by atoms with van der Waals surface area (Å²) in [5, 5.41) is 8.55. The Kier molecular flexibility index (Phi) is 5.46. The monoisotopic (exact) mass is 286 g/mol. The van der Waals surface area contributed by atoms with E-state index >= 15 is 0 Å². The van der Waals surface area contributed by atoms with Crippen LogP contribution in [0, 0.1) is 0 Å². The summed E-state index contributed by atoms with van der Waals surface area (Å²) in [6.45, 7) is 1.67. The maximum absolute atomic E-state index is 11.9. The number of nitrogens with zero attached hydrogens (tertiary/aromatic N) is 1. The number of carboxylic acids is 1. The molecule has 1 aromatic rings. The van der Waals surface area contributed by atoms with Crippen LogP contribution in [0.25, 0.3) is 0 Å². The smallest absolute Gasteiger partial charge is 0.304 e. The van der Waals surface area contributed by atoms with Crippen LogP contribution in [0.15, 0.2) is 30.3 Å². The van der Waals surface area contributed by atoms with Gasteiger partial charge in [0.2, 0.25) is 0 Å². The zero-order valence-electron chi connectivity index (χ0n) is 10.9. The maximum atomic E-state index is 11.9. The summed E-state index contributed by atoms with van der Waals surface area (Å²) < 4.78 is 27.4. The van der Waals surface area contributed by atoms with Gasteiger partial charge in [0, 0.05) is 19.6 Å². The predicted octanol–water partition coefficient (Wildman–Crippen LogP) is 0.989. The molecule has 0 aliphatic rings. The van der Waals surface area contributed by atoms with Crippen LogP contribution in [-0.4, -0.2) is 37.4 Å². The van der Waals surface area contributed by atoms with Crippen LogP contribution in [0.2, 0.25) is 0 Å². The van der Waals surface area contributed by atoms with Crippen LogP contribution in [0.1, 0.15) is 24.9 Å². The van der Waals surface area contributed by atoms with Crippen molar-refractivity contribution in [2.45, 2.75) is 19.4 Å². The summed E-state index contributed by atoms with van der Waals surface area (Å²) in [6.07, 6.45) is -0.225. The molecule has 0 aliphatic heterocycles. The number of rotatable bonds is 7. The van der Waals surface area contributed by atoms with E-state index in [1.165, 1.54) is 7.05 Å². The molecule has 0 bridgehead atoms. The quantitative estimate of drug-likeness (QED) is 0.782. The lowest BCUT2D eigenvalue weighted by atomic mass is 10.1. The largest absolute Gasteiger partial charge is 0.481 e. The topological polar surface area (TPSA) is 86.7 Å². The van der Waals surface area contributed by atoms with Crippen molar-refractivity contribution in [2.24, 2.45) is 0 Å². The van der Waals surface area contributed by atoms with Gasteiger partial charge in [-0.2, -0.15) is 17.4 Å². The molecule has 0 saturated heterocycles. The third kappa shape index (κ3) is 4.98. The van der Waals surface area contributed by atoms with Crippen LogP contribution >= 0.6 is 0 Å². The van der Waals surface area contributed by atoms with E-state index in [1.54, 1.807) is 6.92 Å². The molecule has 0 radical (unpaired) electrons. The second-order valence-corrected chi connectivity index (χ2v) is 6.03. The van der Waals surface area contributed by atoms with Crippen LogP contribution in [0.5, 0.6) is 0 Å². The van der Waals surface area contributed by atoms with Crippen LogP contribution in [-0.2, 0) is 15.0 Å². The van der Waals surface area contributed by atoms with Crippen molar-refractivity contribution in [1.82, 2.24) is 9.03 Å². The highest BCUT2D eigenvalue weighted by molar-refractivity contribution is 7.87. The zero-order valence-corrected chi connectivity index (χ0v) is 11.7. The third-order valence-corrected chi connectivity index (χ3v) is 4.33. The Labute approximate surface area is 113 Å². The minimum absolute atomic E-state index is 0.0633. The molecular formula is C12H18N2O4S. The molecule has 106 valence electrons. The molecule has 0 aromatic heterocycles. The highest BCUT2D eigenvalue weighted by atomic mass is 32.2. The van der Waals surface area contributed by atoms with Crippen molar-refractivity contribution in [1.29, 1.82) is 0 Å². The normalized spacial score (nSPS) is 13.4. The van der Waals surface area contributed by atoms with Crippen molar-refractivity contribution in [3.05, 3.63) is 35.9 Å². The van der Waals surface area contributed by atoms with Crippen molar-refractivity contribution < 1.29 is 18.3 Å². The highest BCUT2D eigenvalue weighted by Crippen LogP contribution is 2.13. The molecule has 7 heteroatoms. The number of hydrogen-bond acceptors (Lipinski definition) is 3. The Morgan fingerprint density at radius 3 is 2.47 bits per heavy atom. The minimum Gasteiger partial charge on any atom is -0.481 e. The van der Waals surface area contributed by atoms with E-state index in [0.29, 0.717) is 0 Å². The zero-order chi connectivity index (χ0) is 14.5. The first-order valence-electron chi connectivity index (χ1n) is 5.83. The fraction of sp³-hybridized carbons (Fsp3) is 0.417. The molecule has 1 rings (SSSR count). The molecule has 0 fully saturated rings. The van der Waals surface area contributed by atoms with Gasteiger partial charge in [-0.1, -0.05) is 30.3 Å². The molecule has 1 atom stereocenters. The van der Waals surface area contributed by atoms with Crippen LogP contribution < -0.4 is 4.72 Å². The SMILES string of the molecule is CC(NS(=O)(=O)N(C)CCC(=O)O)c1ccccc1. The molecule has 0 saturated carbocycles. The molecule has 0 amide bonds. The Hall–Kier alpha value is -1.44. The lowest BCUT2D eigenvalue weighted by molar-refractivity contribution is -0.137. The van der Waals surface area contributed by atoms with Crippen LogP contribution in [0.4, 0.5) is 0 Å². The van der Waals surface area contributed by atoms with Crippen molar-refractivity contribution in [3.63, 3.8) is 0 Å². The van der Waals surface area contributed by atoms with Gasteiger partial charge in [0.25, 0.3) is 10.2 Å². The fourth-order valence-electron chi connectivity index (χ4n) is 1.50. The van der Waals surface area contributed by atoms with Gasteiger partial charge >= 0.3 is 5.97 Å². The second-order valence-electron chi connectivity index (χ2n) is 4.22. The van der Waals surface area contributed by atoms with Crippen LogP contribution in [0.3, 0.4) is 0 Å². The van der Waals surface area contributed by atoms with E-state index in [1.807, 2.05) is 30.3 Å². The van der Waals surface area contributed by atoms with E-state index in [2.05, 4.69) is 4.72 Å². The van der Waals surface area contributed by atoms with Crippen molar-refractivity contribution >= 4 is 16.2 Å². The van der Waals surface area contributed by atoms with Gasteiger partial charge < -0.3 is 5.11 Å². The van der Waals surface area contributed by atoms with Gasteiger partial charge in [-0.05, 0) is 12.5 Å². The molecule has 6 nitrogen and oxygen atoms in total. The minimum atomic E-state index is -3.68. The fourth-order valence-corrected chi connectivity index (χ4v) is 2.59. The standard InChI is InChI=1S/C12H18N2O4S/c1-10(11-6-4-3-5-7-11)13-19(17,18)14(2)9-8-12(15)16/h3-7,10,13H,8-9H2,1-2H3,(H,15,16). The average molecular weight is 286 g/mol. The second kappa shape index (κ2) is 6.65. The van der Waals surface area contributed by atoms with Gasteiger partial charge in [0.15, 0.2) is 0 Å². The van der Waals surface area contributed by atoms with E-state index in [4.69, 9.17) is 5.11 Å². The maximum Gasteiger partial charge on any atom is 0.304 e. The molecular weight excluding hydrogens is 268 g/mol. The third-order valence-electron chi connectivity index (χ3n) is 2.68. The van der Waals surface area contributed by atoms with Gasteiger partial charge in [-0.15, -0.1) is 0 Å². The Morgan fingerprint density at radius 2 is 1.95 bits per heavy atom. The van der Waals surface area contributed by atoms with Gasteiger partial charge in [0.1, 0.15) is 0 Å². The summed E-state index contributed by atoms with van der Waals surface area (Å²) in [6, 6.07) is 8.78. The number of nitrogens with one attached hydrogen (secondary N) is 1. The first-order chi connectivity index (χ1) is 8.83. The number of carbonyl (C=O) groups is 1. The summed E-state index contributed by atoms with van der Waals surface area (Å²) in [5.74, 6) is -1.03. The van der Waals surface area contributed by atoms with Gasteiger partial charge in [-0.3, -0.25) is 4.79 Å². The van der Waals surface area contributed by atoms with Gasteiger partial charge in [-0.25, -0.2) is 0 Å². The predicted molar refractivity (Wildman–Crippen MR) is 71.8 cm³/mol. The molecule has 19 heavy (non-hydrogen) atoms. The van der Waals surface area contributed by atoms with E-state index in [-0.39, 0.29) is 19.0 Å². The molecule has 2 N–H and O–H groups in total. The Balaban J connectivity index is 2.66. The molecule has 0 heterocycles. The lowest BCUT2D eigenvalue weighted by Crippen LogP contribution is -2.40. The summed E-state index contributed by atoms with van der Waals surface area (Å²) in [4.78, 5) is 10.4. The van der Waals surface area contributed by atoms with Gasteiger partial charge in [0.05, 0.1) is 6.42 Å².